The molecular weight excluding hydrogens is 342 g/mol. The normalized spacial score (nSPS) is 17.3. The molecule has 0 unspecified atom stereocenters. The third-order valence-electron chi connectivity index (χ3n) is 5.04. The molecule has 0 aliphatic carbocycles. The summed E-state index contributed by atoms with van der Waals surface area (Å²) in [6, 6.07) is 3.96. The minimum Gasteiger partial charge on any atom is -0.357 e. The maximum Gasteiger partial charge on any atom is 0.224 e. The van der Waals surface area contributed by atoms with Crippen molar-refractivity contribution in [1.82, 2.24) is 34.5 Å². The Balaban J connectivity index is 1.53. The minimum atomic E-state index is 0.330. The molecule has 0 amide bonds. The van der Waals surface area contributed by atoms with Gasteiger partial charge >= 0.3 is 0 Å². The Morgan fingerprint density at radius 3 is 2.93 bits per heavy atom. The largest absolute Gasteiger partial charge is 0.357 e. The number of nitrogens with one attached hydrogen (secondary N) is 1. The van der Waals surface area contributed by atoms with Crippen molar-refractivity contribution in [3.8, 4) is 0 Å². The van der Waals surface area contributed by atoms with Crippen molar-refractivity contribution in [1.29, 1.82) is 0 Å². The van der Waals surface area contributed by atoms with E-state index in [0.29, 0.717) is 18.4 Å². The van der Waals surface area contributed by atoms with Crippen molar-refractivity contribution >= 4 is 11.8 Å². The van der Waals surface area contributed by atoms with E-state index in [-0.39, 0.29) is 0 Å². The zero-order valence-electron chi connectivity index (χ0n) is 16.0. The quantitative estimate of drug-likeness (QED) is 0.732. The zero-order chi connectivity index (χ0) is 18.8. The number of hydrogen-bond donors (Lipinski definition) is 1. The van der Waals surface area contributed by atoms with E-state index in [4.69, 9.17) is 0 Å². The van der Waals surface area contributed by atoms with Crippen molar-refractivity contribution in [3.63, 3.8) is 0 Å². The predicted molar refractivity (Wildman–Crippen MR) is 103 cm³/mol. The second-order valence-corrected chi connectivity index (χ2v) is 6.96. The fraction of sp³-hybridized carbons (Fsp3) is 0.500. The van der Waals surface area contributed by atoms with Crippen LogP contribution in [0.2, 0.25) is 0 Å². The summed E-state index contributed by atoms with van der Waals surface area (Å²) in [5.41, 5.74) is 0.964. The van der Waals surface area contributed by atoms with Gasteiger partial charge in [-0.2, -0.15) is 10.1 Å². The molecule has 1 fully saturated rings. The van der Waals surface area contributed by atoms with Gasteiger partial charge in [0.1, 0.15) is 18.2 Å². The molecule has 1 aliphatic heterocycles. The molecule has 1 atom stereocenters. The molecule has 3 aromatic rings. The van der Waals surface area contributed by atoms with Crippen LogP contribution < -0.4 is 10.2 Å². The fourth-order valence-corrected chi connectivity index (χ4v) is 3.63. The first-order chi connectivity index (χ1) is 13.1. The van der Waals surface area contributed by atoms with Gasteiger partial charge in [-0.15, -0.1) is 10.2 Å². The number of nitrogens with zero attached hydrogens (tertiary/aromatic N) is 8. The molecule has 0 bridgehead atoms. The first-order valence-corrected chi connectivity index (χ1v) is 9.28. The molecule has 9 heteroatoms. The molecule has 142 valence electrons. The third kappa shape index (κ3) is 3.62. The minimum absolute atomic E-state index is 0.330. The van der Waals surface area contributed by atoms with E-state index in [2.05, 4.69) is 40.0 Å². The third-order valence-corrected chi connectivity index (χ3v) is 5.04. The Bertz CT molecular complexity index is 900. The summed E-state index contributed by atoms with van der Waals surface area (Å²) < 4.78 is 3.98. The van der Waals surface area contributed by atoms with Crippen LogP contribution in [0.4, 0.5) is 11.8 Å². The van der Waals surface area contributed by atoms with Gasteiger partial charge < -0.3 is 14.8 Å². The van der Waals surface area contributed by atoms with E-state index in [0.717, 1.165) is 49.1 Å². The van der Waals surface area contributed by atoms with Gasteiger partial charge in [-0.25, -0.2) is 4.98 Å². The summed E-state index contributed by atoms with van der Waals surface area (Å²) in [7, 11) is 3.89. The van der Waals surface area contributed by atoms with Crippen LogP contribution in [0.1, 0.15) is 36.1 Å². The van der Waals surface area contributed by atoms with Gasteiger partial charge in [0.25, 0.3) is 0 Å². The number of piperidine rings is 1. The van der Waals surface area contributed by atoms with Crippen molar-refractivity contribution in [2.75, 3.05) is 30.4 Å². The Kier molecular flexibility index (Phi) is 4.74. The first-order valence-electron chi connectivity index (χ1n) is 9.28. The van der Waals surface area contributed by atoms with Crippen LogP contribution in [0.3, 0.4) is 0 Å². The first kappa shape index (κ1) is 17.4. The highest BCUT2D eigenvalue weighted by atomic mass is 15.3. The van der Waals surface area contributed by atoms with Crippen LogP contribution >= 0.6 is 0 Å². The predicted octanol–water partition coefficient (Wildman–Crippen LogP) is 1.58. The van der Waals surface area contributed by atoms with E-state index in [1.807, 2.05) is 44.0 Å². The zero-order valence-corrected chi connectivity index (χ0v) is 16.0. The number of hydrogen-bond acceptors (Lipinski definition) is 7. The van der Waals surface area contributed by atoms with E-state index < -0.39 is 0 Å². The van der Waals surface area contributed by atoms with Crippen LogP contribution in [0.5, 0.6) is 0 Å². The van der Waals surface area contributed by atoms with E-state index in [9.17, 15) is 0 Å². The molecule has 0 saturated carbocycles. The smallest absolute Gasteiger partial charge is 0.224 e. The molecule has 4 heterocycles. The molecule has 0 radical (unpaired) electrons. The van der Waals surface area contributed by atoms with Crippen LogP contribution in [-0.2, 0) is 13.6 Å². The highest BCUT2D eigenvalue weighted by molar-refractivity contribution is 5.45. The number of aromatic nitrogens is 7. The lowest BCUT2D eigenvalue weighted by Gasteiger charge is -2.33. The summed E-state index contributed by atoms with van der Waals surface area (Å²) in [5.74, 6) is 3.90. The van der Waals surface area contributed by atoms with Crippen molar-refractivity contribution in [2.24, 2.45) is 7.05 Å². The van der Waals surface area contributed by atoms with Crippen LogP contribution in [0, 0.1) is 6.92 Å². The highest BCUT2D eigenvalue weighted by Crippen LogP contribution is 2.29. The number of aryl methyl sites for hydroxylation is 1. The standard InChI is InChI=1S/C18H25N9/c1-13-10-15(22-18(19-2)21-13)26-8-4-6-14(11-26)17-24-23-16(25(17)3)12-27-9-5-7-20-27/h5,7,9-10,14H,4,6,8,11-12H2,1-3H3,(H,19,21,22)/t14-/m1/s1. The molecule has 27 heavy (non-hydrogen) atoms. The summed E-state index contributed by atoms with van der Waals surface area (Å²) in [5, 5.41) is 16.2. The van der Waals surface area contributed by atoms with Gasteiger partial charge in [0.05, 0.1) is 0 Å². The van der Waals surface area contributed by atoms with Gasteiger partial charge in [0.15, 0.2) is 5.82 Å². The Morgan fingerprint density at radius 2 is 2.15 bits per heavy atom. The maximum atomic E-state index is 4.63. The Hall–Kier alpha value is -2.97. The summed E-state index contributed by atoms with van der Waals surface area (Å²) in [6.45, 7) is 4.50. The van der Waals surface area contributed by atoms with Gasteiger partial charge in [-0.1, -0.05) is 0 Å². The molecule has 4 rings (SSSR count). The average Bonchev–Trinajstić information content (AvgIpc) is 3.32. The lowest BCUT2D eigenvalue weighted by Crippen LogP contribution is -2.36. The van der Waals surface area contributed by atoms with Gasteiger partial charge in [0, 0.05) is 57.3 Å². The van der Waals surface area contributed by atoms with E-state index in [1.165, 1.54) is 0 Å². The topological polar surface area (TPSA) is 89.6 Å². The fourth-order valence-electron chi connectivity index (χ4n) is 3.63. The Labute approximate surface area is 158 Å². The molecule has 1 N–H and O–H groups in total. The molecule has 3 aromatic heterocycles. The van der Waals surface area contributed by atoms with Gasteiger partial charge in [-0.05, 0) is 25.8 Å². The second kappa shape index (κ2) is 7.34. The average molecular weight is 367 g/mol. The van der Waals surface area contributed by atoms with Gasteiger partial charge in [0.2, 0.25) is 5.95 Å². The highest BCUT2D eigenvalue weighted by Gasteiger charge is 2.27. The van der Waals surface area contributed by atoms with E-state index >= 15 is 0 Å². The maximum absolute atomic E-state index is 4.63. The van der Waals surface area contributed by atoms with E-state index in [1.54, 1.807) is 6.20 Å². The van der Waals surface area contributed by atoms with Crippen LogP contribution in [-0.4, -0.2) is 54.7 Å². The molecule has 1 saturated heterocycles. The van der Waals surface area contributed by atoms with Crippen LogP contribution in [0.15, 0.2) is 24.5 Å². The summed E-state index contributed by atoms with van der Waals surface area (Å²) in [4.78, 5) is 11.3. The van der Waals surface area contributed by atoms with Crippen molar-refractivity contribution < 1.29 is 0 Å². The van der Waals surface area contributed by atoms with Gasteiger partial charge in [-0.3, -0.25) is 4.68 Å². The molecular formula is C18H25N9. The summed E-state index contributed by atoms with van der Waals surface area (Å²) in [6.07, 6.45) is 5.92. The molecule has 0 spiro atoms. The second-order valence-electron chi connectivity index (χ2n) is 6.96. The van der Waals surface area contributed by atoms with Crippen molar-refractivity contribution in [3.05, 3.63) is 41.9 Å². The summed E-state index contributed by atoms with van der Waals surface area (Å²) >= 11 is 0. The lowest BCUT2D eigenvalue weighted by atomic mass is 9.97. The Morgan fingerprint density at radius 1 is 1.26 bits per heavy atom. The molecule has 1 aliphatic rings. The number of rotatable bonds is 5. The SMILES string of the molecule is CNc1nc(C)cc(N2CCC[C@@H](c3nnc(Cn4cccn4)n3C)C2)n1. The monoisotopic (exact) mass is 367 g/mol. The lowest BCUT2D eigenvalue weighted by molar-refractivity contribution is 0.475. The van der Waals surface area contributed by atoms with Crippen molar-refractivity contribution in [2.45, 2.75) is 32.2 Å². The molecule has 9 nitrogen and oxygen atoms in total. The van der Waals surface area contributed by atoms with Crippen LogP contribution in [0.25, 0.3) is 0 Å². The molecule has 0 aromatic carbocycles. The number of anilines is 2.